The van der Waals surface area contributed by atoms with Gasteiger partial charge in [0.15, 0.2) is 17.3 Å². The molecule has 0 aliphatic carbocycles. The van der Waals surface area contributed by atoms with Crippen molar-refractivity contribution in [2.45, 2.75) is 6.42 Å². The standard InChI is InChI=1S/C12H13FO5/c1-16-10-6-7(4-8(13)11(10)17-2)5-9(14)12(15)18-3/h4,6H,5H2,1-3H3. The first-order valence-corrected chi connectivity index (χ1v) is 5.05. The minimum absolute atomic E-state index is 0.0493. The lowest BCUT2D eigenvalue weighted by atomic mass is 10.1. The summed E-state index contributed by atoms with van der Waals surface area (Å²) in [7, 11) is 3.76. The molecule has 0 aliphatic heterocycles. The van der Waals surface area contributed by atoms with E-state index in [0.717, 1.165) is 13.2 Å². The zero-order chi connectivity index (χ0) is 13.7. The van der Waals surface area contributed by atoms with E-state index in [1.165, 1.54) is 20.3 Å². The third-order valence-corrected chi connectivity index (χ3v) is 2.27. The number of rotatable bonds is 5. The van der Waals surface area contributed by atoms with E-state index in [4.69, 9.17) is 9.47 Å². The largest absolute Gasteiger partial charge is 0.493 e. The lowest BCUT2D eigenvalue weighted by Crippen LogP contribution is -2.17. The van der Waals surface area contributed by atoms with E-state index in [2.05, 4.69) is 4.74 Å². The molecule has 0 amide bonds. The third-order valence-electron chi connectivity index (χ3n) is 2.27. The molecule has 1 rings (SSSR count). The van der Waals surface area contributed by atoms with E-state index in [-0.39, 0.29) is 17.9 Å². The first-order chi connectivity index (χ1) is 8.53. The topological polar surface area (TPSA) is 61.8 Å². The van der Waals surface area contributed by atoms with Crippen molar-refractivity contribution >= 4 is 11.8 Å². The summed E-state index contributed by atoms with van der Waals surface area (Å²) in [5, 5.41) is 0. The van der Waals surface area contributed by atoms with Gasteiger partial charge < -0.3 is 14.2 Å². The number of hydrogen-bond donors (Lipinski definition) is 0. The van der Waals surface area contributed by atoms with Gasteiger partial charge in [-0.1, -0.05) is 0 Å². The Morgan fingerprint density at radius 3 is 2.33 bits per heavy atom. The van der Waals surface area contributed by atoms with Gasteiger partial charge in [-0.15, -0.1) is 0 Å². The van der Waals surface area contributed by atoms with Gasteiger partial charge in [-0.05, 0) is 17.7 Å². The van der Waals surface area contributed by atoms with E-state index in [1.54, 1.807) is 0 Å². The maximum Gasteiger partial charge on any atom is 0.374 e. The van der Waals surface area contributed by atoms with Crippen LogP contribution in [0.25, 0.3) is 0 Å². The van der Waals surface area contributed by atoms with Crippen LogP contribution in [0, 0.1) is 5.82 Å². The molecule has 0 aliphatic rings. The molecule has 0 saturated carbocycles. The molecule has 0 bridgehead atoms. The van der Waals surface area contributed by atoms with Gasteiger partial charge >= 0.3 is 5.97 Å². The zero-order valence-corrected chi connectivity index (χ0v) is 10.3. The molecule has 6 heteroatoms. The van der Waals surface area contributed by atoms with Gasteiger partial charge in [0.2, 0.25) is 5.78 Å². The van der Waals surface area contributed by atoms with Gasteiger partial charge in [-0.2, -0.15) is 0 Å². The Bertz CT molecular complexity index is 470. The van der Waals surface area contributed by atoms with Gasteiger partial charge in [0.05, 0.1) is 21.3 Å². The quantitative estimate of drug-likeness (QED) is 0.583. The Labute approximate surface area is 103 Å². The molecule has 18 heavy (non-hydrogen) atoms. The molecule has 1 aromatic rings. The molecule has 1 aromatic carbocycles. The van der Waals surface area contributed by atoms with Crippen LogP contribution in [-0.4, -0.2) is 33.1 Å². The number of benzene rings is 1. The predicted octanol–water partition coefficient (Wildman–Crippen LogP) is 1.13. The molecular weight excluding hydrogens is 243 g/mol. The summed E-state index contributed by atoms with van der Waals surface area (Å²) in [6.07, 6.45) is -0.260. The number of halogens is 1. The zero-order valence-electron chi connectivity index (χ0n) is 10.3. The highest BCUT2D eigenvalue weighted by molar-refractivity contribution is 6.34. The SMILES string of the molecule is COC(=O)C(=O)Cc1cc(F)c(OC)c(OC)c1. The van der Waals surface area contributed by atoms with Crippen LogP contribution in [0.1, 0.15) is 5.56 Å². The molecule has 0 saturated heterocycles. The van der Waals surface area contributed by atoms with Crippen molar-refractivity contribution < 1.29 is 28.2 Å². The van der Waals surface area contributed by atoms with Gasteiger partial charge in [0.1, 0.15) is 0 Å². The average molecular weight is 256 g/mol. The predicted molar refractivity (Wildman–Crippen MR) is 60.2 cm³/mol. The Morgan fingerprint density at radius 2 is 1.83 bits per heavy atom. The average Bonchev–Trinajstić information content (AvgIpc) is 2.36. The van der Waals surface area contributed by atoms with Gasteiger partial charge in [0.25, 0.3) is 0 Å². The van der Waals surface area contributed by atoms with Crippen molar-refractivity contribution in [3.05, 3.63) is 23.5 Å². The maximum absolute atomic E-state index is 13.6. The fourth-order valence-corrected chi connectivity index (χ4v) is 1.44. The summed E-state index contributed by atoms with van der Waals surface area (Å²) in [6.45, 7) is 0. The molecular formula is C12H13FO5. The molecule has 0 radical (unpaired) electrons. The number of Topliss-reactive ketones (excluding diaryl/α,β-unsaturated/α-hetero) is 1. The molecule has 0 heterocycles. The summed E-state index contributed by atoms with van der Waals surface area (Å²) in [5.41, 5.74) is 0.306. The number of esters is 1. The minimum Gasteiger partial charge on any atom is -0.493 e. The summed E-state index contributed by atoms with van der Waals surface area (Å²) in [5.74, 6) is -2.28. The fourth-order valence-electron chi connectivity index (χ4n) is 1.44. The van der Waals surface area contributed by atoms with Crippen LogP contribution >= 0.6 is 0 Å². The summed E-state index contributed by atoms with van der Waals surface area (Å²) >= 11 is 0. The number of methoxy groups -OCH3 is 3. The Morgan fingerprint density at radius 1 is 1.17 bits per heavy atom. The Hall–Kier alpha value is -2.11. The first kappa shape index (κ1) is 14.0. The number of carbonyl (C=O) groups excluding carboxylic acids is 2. The van der Waals surface area contributed by atoms with Gasteiger partial charge in [0, 0.05) is 6.42 Å². The van der Waals surface area contributed by atoms with Crippen molar-refractivity contribution in [1.82, 2.24) is 0 Å². The highest BCUT2D eigenvalue weighted by atomic mass is 19.1. The van der Waals surface area contributed by atoms with Crippen molar-refractivity contribution in [1.29, 1.82) is 0 Å². The fraction of sp³-hybridized carbons (Fsp3) is 0.333. The van der Waals surface area contributed by atoms with Crippen molar-refractivity contribution in [3.8, 4) is 11.5 Å². The van der Waals surface area contributed by atoms with E-state index in [1.807, 2.05) is 0 Å². The van der Waals surface area contributed by atoms with E-state index >= 15 is 0 Å². The Balaban J connectivity index is 3.01. The summed E-state index contributed by atoms with van der Waals surface area (Å²) < 4.78 is 27.6. The number of ether oxygens (including phenoxy) is 3. The smallest absolute Gasteiger partial charge is 0.374 e. The van der Waals surface area contributed by atoms with Crippen LogP contribution in [0.15, 0.2) is 12.1 Å². The molecule has 0 fully saturated rings. The number of ketones is 1. The Kier molecular flexibility index (Phi) is 4.65. The van der Waals surface area contributed by atoms with E-state index in [9.17, 15) is 14.0 Å². The molecule has 98 valence electrons. The minimum atomic E-state index is -0.967. The number of hydrogen-bond acceptors (Lipinski definition) is 5. The van der Waals surface area contributed by atoms with Crippen molar-refractivity contribution in [2.24, 2.45) is 0 Å². The van der Waals surface area contributed by atoms with E-state index < -0.39 is 17.6 Å². The van der Waals surface area contributed by atoms with Crippen LogP contribution in [0.2, 0.25) is 0 Å². The molecule has 0 atom stereocenters. The van der Waals surface area contributed by atoms with Crippen molar-refractivity contribution in [2.75, 3.05) is 21.3 Å². The maximum atomic E-state index is 13.6. The molecule has 0 aromatic heterocycles. The highest BCUT2D eigenvalue weighted by Gasteiger charge is 2.18. The summed E-state index contributed by atoms with van der Waals surface area (Å²) in [4.78, 5) is 22.3. The lowest BCUT2D eigenvalue weighted by Gasteiger charge is -2.10. The second-order valence-electron chi connectivity index (χ2n) is 3.40. The van der Waals surface area contributed by atoms with Crippen LogP contribution in [0.5, 0.6) is 11.5 Å². The summed E-state index contributed by atoms with van der Waals surface area (Å²) in [6, 6.07) is 2.55. The normalized spacial score (nSPS) is 9.78. The molecule has 5 nitrogen and oxygen atoms in total. The molecule has 0 N–H and O–H groups in total. The van der Waals surface area contributed by atoms with Gasteiger partial charge in [-0.25, -0.2) is 9.18 Å². The van der Waals surface area contributed by atoms with Crippen molar-refractivity contribution in [3.63, 3.8) is 0 Å². The van der Waals surface area contributed by atoms with Crippen LogP contribution in [-0.2, 0) is 20.7 Å². The second-order valence-corrected chi connectivity index (χ2v) is 3.40. The van der Waals surface area contributed by atoms with Crippen LogP contribution in [0.4, 0.5) is 4.39 Å². The molecule has 0 unspecified atom stereocenters. The lowest BCUT2D eigenvalue weighted by molar-refractivity contribution is -0.151. The highest BCUT2D eigenvalue weighted by Crippen LogP contribution is 2.31. The third kappa shape index (κ3) is 2.97. The van der Waals surface area contributed by atoms with Crippen LogP contribution < -0.4 is 9.47 Å². The van der Waals surface area contributed by atoms with Gasteiger partial charge in [-0.3, -0.25) is 4.79 Å². The van der Waals surface area contributed by atoms with E-state index in [0.29, 0.717) is 5.56 Å². The monoisotopic (exact) mass is 256 g/mol. The van der Waals surface area contributed by atoms with Crippen LogP contribution in [0.3, 0.4) is 0 Å². The number of carbonyl (C=O) groups is 2. The first-order valence-electron chi connectivity index (χ1n) is 5.05. The second kappa shape index (κ2) is 6.00. The molecule has 0 spiro atoms.